The van der Waals surface area contributed by atoms with E-state index in [1.54, 1.807) is 18.2 Å². The second-order valence-corrected chi connectivity index (χ2v) is 5.46. The molecule has 0 atom stereocenters. The Hall–Kier alpha value is -1.88. The molecule has 0 spiro atoms. The molecule has 0 aliphatic rings. The molecule has 0 aromatic heterocycles. The Labute approximate surface area is 141 Å². The molecule has 22 heavy (non-hydrogen) atoms. The molecule has 0 unspecified atom stereocenters. The summed E-state index contributed by atoms with van der Waals surface area (Å²) < 4.78 is 0. The van der Waals surface area contributed by atoms with E-state index in [0.29, 0.717) is 15.6 Å². The summed E-state index contributed by atoms with van der Waals surface area (Å²) in [6, 6.07) is 8.89. The fourth-order valence-electron chi connectivity index (χ4n) is 1.72. The number of ketones is 1. The van der Waals surface area contributed by atoms with Crippen molar-refractivity contribution in [2.24, 2.45) is 0 Å². The zero-order valence-corrected chi connectivity index (χ0v) is 13.2. The Morgan fingerprint density at radius 2 is 1.82 bits per heavy atom. The maximum atomic E-state index is 12.1. The van der Waals surface area contributed by atoms with Gasteiger partial charge in [-0.15, -0.1) is 0 Å². The third-order valence-electron chi connectivity index (χ3n) is 2.82. The normalized spacial score (nSPS) is 10.9. The van der Waals surface area contributed by atoms with Crippen molar-refractivity contribution in [2.75, 3.05) is 0 Å². The van der Waals surface area contributed by atoms with E-state index in [0.717, 1.165) is 6.07 Å². The van der Waals surface area contributed by atoms with Gasteiger partial charge in [-0.05, 0) is 35.9 Å². The molecule has 0 aliphatic carbocycles. The number of benzene rings is 2. The number of halogens is 3. The van der Waals surface area contributed by atoms with Gasteiger partial charge in [-0.3, -0.25) is 14.9 Å². The van der Waals surface area contributed by atoms with Crippen molar-refractivity contribution in [2.45, 2.75) is 0 Å². The van der Waals surface area contributed by atoms with Gasteiger partial charge < -0.3 is 0 Å². The minimum Gasteiger partial charge on any atom is -0.289 e. The molecule has 0 saturated heterocycles. The summed E-state index contributed by atoms with van der Waals surface area (Å²) in [5, 5.41) is 11.5. The molecule has 7 heteroatoms. The Balaban J connectivity index is 2.29. The molecule has 0 amide bonds. The lowest BCUT2D eigenvalue weighted by Crippen LogP contribution is -1.97. The lowest BCUT2D eigenvalue weighted by atomic mass is 10.1. The highest BCUT2D eigenvalue weighted by atomic mass is 35.5. The Morgan fingerprint density at radius 1 is 1.09 bits per heavy atom. The second kappa shape index (κ2) is 6.92. The molecule has 2 aromatic carbocycles. The fourth-order valence-corrected chi connectivity index (χ4v) is 2.27. The molecule has 2 aromatic rings. The van der Waals surface area contributed by atoms with E-state index in [-0.39, 0.29) is 16.3 Å². The van der Waals surface area contributed by atoms with E-state index >= 15 is 0 Å². The van der Waals surface area contributed by atoms with Crippen molar-refractivity contribution in [3.63, 3.8) is 0 Å². The molecule has 0 N–H and O–H groups in total. The fraction of sp³-hybridized carbons (Fsp3) is 0. The SMILES string of the molecule is O=C(/C=C/c1cccc(Cl)c1Cl)c1ccc(Cl)c([N+](=O)[O-])c1. The van der Waals surface area contributed by atoms with Crippen LogP contribution in [0.2, 0.25) is 15.1 Å². The van der Waals surface area contributed by atoms with Gasteiger partial charge in [-0.1, -0.05) is 46.9 Å². The van der Waals surface area contributed by atoms with E-state index < -0.39 is 10.7 Å². The molecule has 0 saturated carbocycles. The lowest BCUT2D eigenvalue weighted by Gasteiger charge is -2.01. The van der Waals surface area contributed by atoms with Crippen molar-refractivity contribution < 1.29 is 9.72 Å². The van der Waals surface area contributed by atoms with Crippen LogP contribution < -0.4 is 0 Å². The summed E-state index contributed by atoms with van der Waals surface area (Å²) in [4.78, 5) is 22.2. The molecule has 2 rings (SSSR count). The Kier molecular flexibility index (Phi) is 5.19. The number of hydrogen-bond donors (Lipinski definition) is 0. The van der Waals surface area contributed by atoms with Gasteiger partial charge in [0.25, 0.3) is 5.69 Å². The number of nitro groups is 1. The highest BCUT2D eigenvalue weighted by Crippen LogP contribution is 2.27. The highest BCUT2D eigenvalue weighted by molar-refractivity contribution is 6.43. The molecule has 4 nitrogen and oxygen atoms in total. The van der Waals surface area contributed by atoms with Gasteiger partial charge in [0.1, 0.15) is 5.02 Å². The largest absolute Gasteiger partial charge is 0.289 e. The third kappa shape index (κ3) is 3.65. The molecule has 0 aliphatic heterocycles. The molecule has 112 valence electrons. The summed E-state index contributed by atoms with van der Waals surface area (Å²) in [6.07, 6.45) is 2.77. The number of carbonyl (C=O) groups excluding carboxylic acids is 1. The summed E-state index contributed by atoms with van der Waals surface area (Å²) in [7, 11) is 0. The summed E-state index contributed by atoms with van der Waals surface area (Å²) >= 11 is 17.6. The Bertz CT molecular complexity index is 788. The van der Waals surface area contributed by atoms with E-state index in [4.69, 9.17) is 34.8 Å². The van der Waals surface area contributed by atoms with Crippen molar-refractivity contribution in [3.05, 3.63) is 78.8 Å². The van der Waals surface area contributed by atoms with Gasteiger partial charge in [0.15, 0.2) is 5.78 Å². The van der Waals surface area contributed by atoms with E-state index in [9.17, 15) is 14.9 Å². The Morgan fingerprint density at radius 3 is 2.50 bits per heavy atom. The average Bonchev–Trinajstić information content (AvgIpc) is 2.48. The maximum Gasteiger partial charge on any atom is 0.288 e. The van der Waals surface area contributed by atoms with Crippen LogP contribution in [0.1, 0.15) is 15.9 Å². The predicted octanol–water partition coefficient (Wildman–Crippen LogP) is 5.45. The molecular weight excluding hydrogens is 349 g/mol. The number of rotatable bonds is 4. The first kappa shape index (κ1) is 16.5. The minimum atomic E-state index is -0.642. The first-order valence-electron chi connectivity index (χ1n) is 6.00. The molecule has 0 fully saturated rings. The third-order valence-corrected chi connectivity index (χ3v) is 3.98. The summed E-state index contributed by atoms with van der Waals surface area (Å²) in [6.45, 7) is 0. The number of nitrogens with zero attached hydrogens (tertiary/aromatic N) is 1. The van der Waals surface area contributed by atoms with Gasteiger partial charge in [0, 0.05) is 11.6 Å². The topological polar surface area (TPSA) is 60.2 Å². The van der Waals surface area contributed by atoms with Crippen LogP contribution in [-0.4, -0.2) is 10.7 Å². The van der Waals surface area contributed by atoms with Gasteiger partial charge in [-0.25, -0.2) is 0 Å². The van der Waals surface area contributed by atoms with Gasteiger partial charge in [0.2, 0.25) is 0 Å². The van der Waals surface area contributed by atoms with Gasteiger partial charge >= 0.3 is 0 Å². The monoisotopic (exact) mass is 355 g/mol. The molecule has 0 radical (unpaired) electrons. The zero-order chi connectivity index (χ0) is 16.3. The van der Waals surface area contributed by atoms with Crippen LogP contribution in [-0.2, 0) is 0 Å². The zero-order valence-electron chi connectivity index (χ0n) is 10.9. The van der Waals surface area contributed by atoms with Crippen LogP contribution in [0, 0.1) is 10.1 Å². The summed E-state index contributed by atoms with van der Waals surface area (Å²) in [5.74, 6) is -0.407. The standard InChI is InChI=1S/C15H8Cl3NO3/c16-11-6-4-10(8-13(11)19(21)22)14(20)7-5-9-2-1-3-12(17)15(9)18/h1-8H/b7-5+. The van der Waals surface area contributed by atoms with Gasteiger partial charge in [-0.2, -0.15) is 0 Å². The van der Waals surface area contributed by atoms with Crippen LogP contribution in [0.4, 0.5) is 5.69 Å². The summed E-state index contributed by atoms with van der Waals surface area (Å²) in [5.41, 5.74) is 0.415. The van der Waals surface area contributed by atoms with E-state index in [2.05, 4.69) is 0 Å². The van der Waals surface area contributed by atoms with Crippen molar-refractivity contribution in [3.8, 4) is 0 Å². The van der Waals surface area contributed by atoms with Crippen LogP contribution in [0.5, 0.6) is 0 Å². The van der Waals surface area contributed by atoms with Crippen molar-refractivity contribution >= 4 is 52.3 Å². The average molecular weight is 357 g/mol. The number of carbonyl (C=O) groups is 1. The van der Waals surface area contributed by atoms with Crippen LogP contribution in [0.3, 0.4) is 0 Å². The molecular formula is C15H8Cl3NO3. The minimum absolute atomic E-state index is 0.0246. The van der Waals surface area contributed by atoms with E-state index in [1.807, 2.05) is 0 Å². The molecule has 0 heterocycles. The van der Waals surface area contributed by atoms with Crippen LogP contribution in [0.25, 0.3) is 6.08 Å². The quantitative estimate of drug-likeness (QED) is 0.317. The lowest BCUT2D eigenvalue weighted by molar-refractivity contribution is -0.384. The van der Waals surface area contributed by atoms with E-state index in [1.165, 1.54) is 24.3 Å². The number of nitro benzene ring substituents is 1. The second-order valence-electron chi connectivity index (χ2n) is 4.26. The van der Waals surface area contributed by atoms with Gasteiger partial charge in [0.05, 0.1) is 15.0 Å². The van der Waals surface area contributed by atoms with Crippen LogP contribution >= 0.6 is 34.8 Å². The molecule has 0 bridgehead atoms. The predicted molar refractivity (Wildman–Crippen MR) is 87.9 cm³/mol. The highest BCUT2D eigenvalue weighted by Gasteiger charge is 2.15. The van der Waals surface area contributed by atoms with Crippen molar-refractivity contribution in [1.29, 1.82) is 0 Å². The number of allylic oxidation sites excluding steroid dienone is 1. The number of hydrogen-bond acceptors (Lipinski definition) is 3. The first-order valence-corrected chi connectivity index (χ1v) is 7.14. The van der Waals surface area contributed by atoms with Crippen molar-refractivity contribution in [1.82, 2.24) is 0 Å². The van der Waals surface area contributed by atoms with Crippen LogP contribution in [0.15, 0.2) is 42.5 Å². The first-order chi connectivity index (χ1) is 10.4. The maximum absolute atomic E-state index is 12.1. The smallest absolute Gasteiger partial charge is 0.288 e.